The predicted molar refractivity (Wildman–Crippen MR) is 26.2 cm³/mol. The third kappa shape index (κ3) is 1.92. The van der Waals surface area contributed by atoms with Gasteiger partial charge in [0.15, 0.2) is 0 Å². The lowest BCUT2D eigenvalue weighted by atomic mass is 10.8. The topological polar surface area (TPSA) is 18.5 Å². The van der Waals surface area contributed by atoms with Crippen LogP contribution in [0.2, 0.25) is 0 Å². The molecule has 1 aliphatic rings. The molecular weight excluding hydrogens is 90.9 g/mol. The van der Waals surface area contributed by atoms with Crippen molar-refractivity contribution in [3.05, 3.63) is 25.0 Å². The summed E-state index contributed by atoms with van der Waals surface area (Å²) in [5.74, 6) is 0. The minimum absolute atomic E-state index is 0. The molecule has 7 heavy (non-hydrogen) atoms. The van der Waals surface area contributed by atoms with Crippen molar-refractivity contribution in [2.75, 3.05) is 0 Å². The molecule has 0 aliphatic carbocycles. The van der Waals surface area contributed by atoms with Crippen molar-refractivity contribution in [3.63, 3.8) is 0 Å². The summed E-state index contributed by atoms with van der Waals surface area (Å²) in [6.45, 7) is 0. The van der Waals surface area contributed by atoms with Gasteiger partial charge in [-0.05, 0) is 0 Å². The van der Waals surface area contributed by atoms with E-state index in [0.717, 1.165) is 0 Å². The highest BCUT2D eigenvalue weighted by Gasteiger charge is 1.74. The van der Waals surface area contributed by atoms with Gasteiger partial charge in [-0.25, -0.2) is 0 Å². The van der Waals surface area contributed by atoms with Crippen LogP contribution in [0.1, 0.15) is 0 Å². The van der Waals surface area contributed by atoms with Gasteiger partial charge in [0, 0.05) is 8.41 Å². The van der Waals surface area contributed by atoms with Crippen LogP contribution in [0.3, 0.4) is 0 Å². The Balaban J connectivity index is 0.000000360. The molecule has 35 valence electrons. The molecule has 0 saturated carbocycles. The minimum atomic E-state index is 0. The Labute approximate surface area is 44.0 Å². The Bertz CT molecular complexity index is 67.7. The second-order valence-corrected chi connectivity index (χ2v) is 0.816. The molecule has 0 spiro atoms. The van der Waals surface area contributed by atoms with Crippen LogP contribution in [0.15, 0.2) is 25.0 Å². The number of hydrogen-bond acceptors (Lipinski definition) is 2. The Hall–Kier alpha value is -0.855. The Morgan fingerprint density at radius 3 is 1.14 bits per heavy atom. The molecule has 0 saturated heterocycles. The largest absolute Gasteiger partial charge is 0.466 e. The van der Waals surface area contributed by atoms with E-state index in [-0.39, 0.29) is 8.41 Å². The van der Waals surface area contributed by atoms with Crippen molar-refractivity contribution in [3.8, 4) is 0 Å². The highest BCUT2D eigenvalue weighted by Crippen LogP contribution is 1.89. The molecule has 3 radical (unpaired) electrons. The summed E-state index contributed by atoms with van der Waals surface area (Å²) in [5.41, 5.74) is 0. The molecule has 1 aliphatic heterocycles. The maximum absolute atomic E-state index is 4.58. The highest BCUT2D eigenvalue weighted by molar-refractivity contribution is 5.75. The molecule has 0 amide bonds. The molecule has 3 heteroatoms. The zero-order chi connectivity index (χ0) is 4.24. The first-order valence-electron chi connectivity index (χ1n) is 1.61. The Morgan fingerprint density at radius 2 is 1.00 bits per heavy atom. The lowest BCUT2D eigenvalue weighted by molar-refractivity contribution is 0.290. The van der Waals surface area contributed by atoms with Gasteiger partial charge >= 0.3 is 0 Å². The van der Waals surface area contributed by atoms with Crippen molar-refractivity contribution in [2.45, 2.75) is 0 Å². The fraction of sp³-hybridized carbons (Fsp3) is 0. The van der Waals surface area contributed by atoms with Gasteiger partial charge in [0.1, 0.15) is 25.0 Å². The molecule has 0 fully saturated rings. The van der Waals surface area contributed by atoms with Crippen molar-refractivity contribution in [2.24, 2.45) is 0 Å². The number of rotatable bonds is 0. The van der Waals surface area contributed by atoms with Crippen LogP contribution in [-0.2, 0) is 9.47 Å². The molecule has 1 heterocycles. The normalized spacial score (nSPS) is 13.7. The van der Waals surface area contributed by atoms with E-state index in [1.165, 1.54) is 25.0 Å². The number of ether oxygens (including phenoxy) is 2. The van der Waals surface area contributed by atoms with Crippen LogP contribution in [0.4, 0.5) is 0 Å². The van der Waals surface area contributed by atoms with Crippen LogP contribution in [0.5, 0.6) is 0 Å². The monoisotopic (exact) mass is 95.0 g/mol. The molecule has 0 unspecified atom stereocenters. The predicted octanol–water partition coefficient (Wildman–Crippen LogP) is 0.595. The molecule has 2 nitrogen and oxygen atoms in total. The van der Waals surface area contributed by atoms with E-state index in [1.807, 2.05) is 0 Å². The summed E-state index contributed by atoms with van der Waals surface area (Å²) in [6.07, 6.45) is 5.83. The third-order valence-electron chi connectivity index (χ3n) is 0.425. The van der Waals surface area contributed by atoms with E-state index in [4.69, 9.17) is 0 Å². The molecular formula is C4H4BO2. The first-order chi connectivity index (χ1) is 3.00. The maximum Gasteiger partial charge on any atom is 0.125 e. The molecule has 0 aromatic rings. The zero-order valence-corrected chi connectivity index (χ0v) is 3.70. The molecule has 0 N–H and O–H groups in total. The quantitative estimate of drug-likeness (QED) is 0.410. The summed E-state index contributed by atoms with van der Waals surface area (Å²) in [6, 6.07) is 0. The molecule has 0 atom stereocenters. The van der Waals surface area contributed by atoms with Gasteiger partial charge in [-0.2, -0.15) is 0 Å². The van der Waals surface area contributed by atoms with E-state index in [2.05, 4.69) is 9.47 Å². The van der Waals surface area contributed by atoms with Gasteiger partial charge in [-0.15, -0.1) is 0 Å². The molecule has 0 bridgehead atoms. The lowest BCUT2D eigenvalue weighted by Crippen LogP contribution is -1.74. The summed E-state index contributed by atoms with van der Waals surface area (Å²) in [5, 5.41) is 0. The van der Waals surface area contributed by atoms with Crippen LogP contribution < -0.4 is 0 Å². The summed E-state index contributed by atoms with van der Waals surface area (Å²) >= 11 is 0. The second kappa shape index (κ2) is 3.34. The molecule has 0 aromatic carbocycles. The maximum atomic E-state index is 4.58. The van der Waals surface area contributed by atoms with Gasteiger partial charge in [-0.3, -0.25) is 0 Å². The summed E-state index contributed by atoms with van der Waals surface area (Å²) in [4.78, 5) is 0. The fourth-order valence-corrected chi connectivity index (χ4v) is 0.219. The van der Waals surface area contributed by atoms with Crippen LogP contribution >= 0.6 is 0 Å². The Morgan fingerprint density at radius 1 is 0.714 bits per heavy atom. The van der Waals surface area contributed by atoms with Gasteiger partial charge in [0.2, 0.25) is 0 Å². The van der Waals surface area contributed by atoms with Crippen molar-refractivity contribution < 1.29 is 9.47 Å². The third-order valence-corrected chi connectivity index (χ3v) is 0.425. The Kier molecular flexibility index (Phi) is 2.93. The molecule has 1 rings (SSSR count). The van der Waals surface area contributed by atoms with Crippen molar-refractivity contribution in [1.29, 1.82) is 0 Å². The summed E-state index contributed by atoms with van der Waals surface area (Å²) in [7, 11) is 0. The second-order valence-electron chi connectivity index (χ2n) is 0.816. The van der Waals surface area contributed by atoms with Gasteiger partial charge in [-0.1, -0.05) is 0 Å². The van der Waals surface area contributed by atoms with Crippen LogP contribution in [0, 0.1) is 0 Å². The molecule has 0 aromatic heterocycles. The van der Waals surface area contributed by atoms with E-state index in [9.17, 15) is 0 Å². The standard InChI is InChI=1S/C4H4O2.B/c1-2-6-4-3-5-1;/h1-4H;. The summed E-state index contributed by atoms with van der Waals surface area (Å²) < 4.78 is 9.17. The van der Waals surface area contributed by atoms with Gasteiger partial charge < -0.3 is 9.47 Å². The van der Waals surface area contributed by atoms with Crippen LogP contribution in [-0.4, -0.2) is 8.41 Å². The zero-order valence-electron chi connectivity index (χ0n) is 3.70. The van der Waals surface area contributed by atoms with Gasteiger partial charge in [0.05, 0.1) is 0 Å². The smallest absolute Gasteiger partial charge is 0.125 e. The van der Waals surface area contributed by atoms with Crippen molar-refractivity contribution >= 4 is 8.41 Å². The SMILES string of the molecule is C1=COC=CO1.[B]. The van der Waals surface area contributed by atoms with E-state index >= 15 is 0 Å². The average molecular weight is 94.9 g/mol. The van der Waals surface area contributed by atoms with E-state index in [0.29, 0.717) is 0 Å². The minimum Gasteiger partial charge on any atom is -0.466 e. The highest BCUT2D eigenvalue weighted by atomic mass is 16.5. The van der Waals surface area contributed by atoms with E-state index < -0.39 is 0 Å². The van der Waals surface area contributed by atoms with Crippen molar-refractivity contribution in [1.82, 2.24) is 0 Å². The number of hydrogen-bond donors (Lipinski definition) is 0. The van der Waals surface area contributed by atoms with Crippen LogP contribution in [0.25, 0.3) is 0 Å². The first-order valence-corrected chi connectivity index (χ1v) is 1.61. The first kappa shape index (κ1) is 6.14. The average Bonchev–Trinajstić information content (AvgIpc) is 1.72. The van der Waals surface area contributed by atoms with E-state index in [1.54, 1.807) is 0 Å². The fourth-order valence-electron chi connectivity index (χ4n) is 0.219. The lowest BCUT2D eigenvalue weighted by Gasteiger charge is -1.94. The van der Waals surface area contributed by atoms with Gasteiger partial charge in [0.25, 0.3) is 0 Å².